The van der Waals surface area contributed by atoms with Crippen LogP contribution in [0.4, 0.5) is 0 Å². The molecule has 2 amide bonds. The van der Waals surface area contributed by atoms with Crippen LogP contribution in [0.25, 0.3) is 0 Å². The van der Waals surface area contributed by atoms with Gasteiger partial charge in [0.2, 0.25) is 11.8 Å². The van der Waals surface area contributed by atoms with Crippen LogP contribution in [0.1, 0.15) is 0 Å². The molecule has 61 valence electrons. The molecule has 4 N–H and O–H groups in total. The Balaban J connectivity index is 2.62. The van der Waals surface area contributed by atoms with Crippen LogP contribution in [0.2, 0.25) is 0 Å². The number of likely N-dealkylation sites (tertiary alicyclic amines) is 1. The molecule has 0 aromatic rings. The Morgan fingerprint density at radius 1 is 1.55 bits per heavy atom. The molecule has 0 saturated carbocycles. The number of carbonyl (C=O) groups is 2. The molecule has 11 heavy (non-hydrogen) atoms. The molecule has 1 saturated heterocycles. The Hall–Kier alpha value is -1.10. The SMILES string of the molecule is CN1C[C](C(N)=O)C1C(N)=O. The Morgan fingerprint density at radius 3 is 2.27 bits per heavy atom. The second-order valence-corrected chi connectivity index (χ2v) is 2.61. The van der Waals surface area contributed by atoms with Gasteiger partial charge in [0, 0.05) is 6.54 Å². The number of amides is 2. The van der Waals surface area contributed by atoms with E-state index in [0.29, 0.717) is 12.5 Å². The van der Waals surface area contributed by atoms with Gasteiger partial charge in [0.25, 0.3) is 0 Å². The average Bonchev–Trinajstić information content (AvgIpc) is 1.80. The molecule has 0 aromatic carbocycles. The molecule has 0 aliphatic carbocycles. The highest BCUT2D eigenvalue weighted by molar-refractivity contribution is 6.00. The summed E-state index contributed by atoms with van der Waals surface area (Å²) in [5.74, 6) is -0.653. The summed E-state index contributed by atoms with van der Waals surface area (Å²) in [5.41, 5.74) is 9.98. The van der Waals surface area contributed by atoms with Crippen LogP contribution in [-0.2, 0) is 9.59 Å². The quantitative estimate of drug-likeness (QED) is 0.477. The van der Waals surface area contributed by atoms with E-state index in [4.69, 9.17) is 11.5 Å². The molecule has 1 radical (unpaired) electrons. The Kier molecular flexibility index (Phi) is 1.82. The first-order chi connectivity index (χ1) is 5.04. The van der Waals surface area contributed by atoms with Crippen molar-refractivity contribution in [3.63, 3.8) is 0 Å². The van der Waals surface area contributed by atoms with Crippen molar-refractivity contribution in [2.75, 3.05) is 13.6 Å². The molecule has 5 heteroatoms. The molecule has 1 unspecified atom stereocenters. The van der Waals surface area contributed by atoms with Gasteiger partial charge in [-0.1, -0.05) is 0 Å². The minimum absolute atomic E-state index is 0.403. The number of hydrogen-bond acceptors (Lipinski definition) is 3. The van der Waals surface area contributed by atoms with Crippen LogP contribution in [0.15, 0.2) is 0 Å². The highest BCUT2D eigenvalue weighted by Crippen LogP contribution is 2.23. The van der Waals surface area contributed by atoms with E-state index >= 15 is 0 Å². The van der Waals surface area contributed by atoms with Crippen LogP contribution in [0, 0.1) is 5.92 Å². The van der Waals surface area contributed by atoms with Gasteiger partial charge in [0.1, 0.15) is 12.0 Å². The molecule has 1 heterocycles. The van der Waals surface area contributed by atoms with Gasteiger partial charge in [-0.2, -0.15) is 0 Å². The van der Waals surface area contributed by atoms with Gasteiger partial charge in [-0.25, -0.2) is 0 Å². The fourth-order valence-electron chi connectivity index (χ4n) is 1.20. The van der Waals surface area contributed by atoms with E-state index in [1.54, 1.807) is 11.9 Å². The summed E-state index contributed by atoms with van der Waals surface area (Å²) in [6, 6.07) is -0.576. The fraction of sp³-hybridized carbons (Fsp3) is 0.500. The lowest BCUT2D eigenvalue weighted by atomic mass is 9.88. The predicted octanol–water partition coefficient (Wildman–Crippen LogP) is -2.15. The zero-order valence-corrected chi connectivity index (χ0v) is 6.20. The largest absolute Gasteiger partial charge is 0.369 e. The van der Waals surface area contributed by atoms with Gasteiger partial charge in [-0.3, -0.25) is 14.5 Å². The second kappa shape index (κ2) is 2.50. The minimum atomic E-state index is -0.576. The van der Waals surface area contributed by atoms with E-state index in [1.165, 1.54) is 0 Å². The van der Waals surface area contributed by atoms with E-state index < -0.39 is 17.9 Å². The van der Waals surface area contributed by atoms with Crippen molar-refractivity contribution >= 4 is 11.8 Å². The lowest BCUT2D eigenvalue weighted by Gasteiger charge is -2.41. The van der Waals surface area contributed by atoms with Crippen molar-refractivity contribution in [2.45, 2.75) is 6.04 Å². The van der Waals surface area contributed by atoms with Crippen molar-refractivity contribution < 1.29 is 9.59 Å². The summed E-state index contributed by atoms with van der Waals surface area (Å²) in [4.78, 5) is 22.9. The maximum atomic E-state index is 10.7. The van der Waals surface area contributed by atoms with Crippen LogP contribution in [0.5, 0.6) is 0 Å². The zero-order chi connectivity index (χ0) is 8.59. The van der Waals surface area contributed by atoms with Crippen molar-refractivity contribution in [2.24, 2.45) is 11.5 Å². The Labute approximate surface area is 64.3 Å². The number of carbonyl (C=O) groups excluding carboxylic acids is 2. The van der Waals surface area contributed by atoms with E-state index in [9.17, 15) is 9.59 Å². The molecule has 1 aliphatic heterocycles. The third-order valence-corrected chi connectivity index (χ3v) is 1.78. The van der Waals surface area contributed by atoms with Gasteiger partial charge in [0.15, 0.2) is 0 Å². The Bertz CT molecular complexity index is 204. The number of nitrogens with two attached hydrogens (primary N) is 2. The van der Waals surface area contributed by atoms with Crippen molar-refractivity contribution in [1.82, 2.24) is 4.90 Å². The molecular formula is C6H10N3O2. The Morgan fingerprint density at radius 2 is 2.09 bits per heavy atom. The second-order valence-electron chi connectivity index (χ2n) is 2.61. The summed E-state index contributed by atoms with van der Waals surface area (Å²) in [5, 5.41) is 0. The van der Waals surface area contributed by atoms with E-state index in [0.717, 1.165) is 0 Å². The lowest BCUT2D eigenvalue weighted by molar-refractivity contribution is -0.130. The van der Waals surface area contributed by atoms with Crippen molar-refractivity contribution in [3.05, 3.63) is 5.92 Å². The maximum Gasteiger partial charge on any atom is 0.235 e. The maximum absolute atomic E-state index is 10.7. The predicted molar refractivity (Wildman–Crippen MR) is 38.0 cm³/mol. The lowest BCUT2D eigenvalue weighted by Crippen LogP contribution is -2.62. The summed E-state index contributed by atoms with van der Waals surface area (Å²) >= 11 is 0. The normalized spacial score (nSPS) is 26.1. The first kappa shape index (κ1) is 8.00. The number of primary amides is 2. The highest BCUT2D eigenvalue weighted by Gasteiger charge is 2.44. The molecule has 1 atom stereocenters. The van der Waals surface area contributed by atoms with Gasteiger partial charge >= 0.3 is 0 Å². The summed E-state index contributed by atoms with van der Waals surface area (Å²) < 4.78 is 0. The topological polar surface area (TPSA) is 89.4 Å². The van der Waals surface area contributed by atoms with Crippen LogP contribution < -0.4 is 11.5 Å². The van der Waals surface area contributed by atoms with Crippen molar-refractivity contribution in [3.8, 4) is 0 Å². The van der Waals surface area contributed by atoms with Gasteiger partial charge in [-0.05, 0) is 7.05 Å². The molecular weight excluding hydrogens is 146 g/mol. The highest BCUT2D eigenvalue weighted by atomic mass is 16.2. The first-order valence-electron chi connectivity index (χ1n) is 3.19. The van der Waals surface area contributed by atoms with Crippen molar-refractivity contribution in [1.29, 1.82) is 0 Å². The third kappa shape index (κ3) is 1.19. The van der Waals surface area contributed by atoms with E-state index in [-0.39, 0.29) is 0 Å². The molecule has 5 nitrogen and oxygen atoms in total. The van der Waals surface area contributed by atoms with Gasteiger partial charge in [0.05, 0.1) is 0 Å². The van der Waals surface area contributed by atoms with Crippen LogP contribution >= 0.6 is 0 Å². The third-order valence-electron chi connectivity index (χ3n) is 1.78. The number of hydrogen-bond donors (Lipinski definition) is 2. The number of likely N-dealkylation sites (N-methyl/N-ethyl adjacent to an activating group) is 1. The fourth-order valence-corrected chi connectivity index (χ4v) is 1.20. The summed E-state index contributed by atoms with van der Waals surface area (Å²) in [6.07, 6.45) is 0. The summed E-state index contributed by atoms with van der Waals surface area (Å²) in [7, 11) is 1.71. The molecule has 0 bridgehead atoms. The smallest absolute Gasteiger partial charge is 0.235 e. The minimum Gasteiger partial charge on any atom is -0.369 e. The summed E-state index contributed by atoms with van der Waals surface area (Å²) in [6.45, 7) is 0.447. The average molecular weight is 156 g/mol. The van der Waals surface area contributed by atoms with Gasteiger partial charge < -0.3 is 11.5 Å². The molecule has 0 spiro atoms. The van der Waals surface area contributed by atoms with Gasteiger partial charge in [-0.15, -0.1) is 0 Å². The molecule has 1 aliphatic rings. The van der Waals surface area contributed by atoms with Crippen LogP contribution in [-0.4, -0.2) is 36.3 Å². The van der Waals surface area contributed by atoms with Crippen LogP contribution in [0.3, 0.4) is 0 Å². The number of rotatable bonds is 2. The molecule has 0 aromatic heterocycles. The molecule has 1 rings (SSSR count). The zero-order valence-electron chi connectivity index (χ0n) is 6.20. The van der Waals surface area contributed by atoms with E-state index in [1.807, 2.05) is 0 Å². The van der Waals surface area contributed by atoms with E-state index in [2.05, 4.69) is 0 Å². The number of nitrogens with zero attached hydrogens (tertiary/aromatic N) is 1. The standard InChI is InChI=1S/C6H10N3O2/c1-9-2-3(5(7)10)4(9)6(8)11/h4H,2H2,1H3,(H2,7,10)(H2,8,11). The molecule has 1 fully saturated rings. The first-order valence-corrected chi connectivity index (χ1v) is 3.19. The monoisotopic (exact) mass is 156 g/mol.